The first-order valence-corrected chi connectivity index (χ1v) is 7.49. The van der Waals surface area contributed by atoms with Crippen LogP contribution in [-0.4, -0.2) is 6.54 Å². The molecule has 0 atom stereocenters. The molecular weight excluding hydrogens is 206 g/mol. The van der Waals surface area contributed by atoms with Gasteiger partial charge in [-0.2, -0.15) is 0 Å². The summed E-state index contributed by atoms with van der Waals surface area (Å²) in [7, 11) is 0. The fraction of sp³-hybridized carbons (Fsp3) is 1.00. The van der Waals surface area contributed by atoms with Crippen LogP contribution in [0.5, 0.6) is 0 Å². The van der Waals surface area contributed by atoms with E-state index >= 15 is 0 Å². The average molecular weight is 239 g/mol. The van der Waals surface area contributed by atoms with Gasteiger partial charge in [0.15, 0.2) is 0 Å². The molecule has 1 aliphatic carbocycles. The van der Waals surface area contributed by atoms with Crippen LogP contribution in [0.25, 0.3) is 0 Å². The molecule has 1 nitrogen and oxygen atoms in total. The van der Waals surface area contributed by atoms with E-state index in [0.29, 0.717) is 10.8 Å². The van der Waals surface area contributed by atoms with Crippen LogP contribution in [0.3, 0.4) is 0 Å². The van der Waals surface area contributed by atoms with Gasteiger partial charge in [0, 0.05) is 0 Å². The van der Waals surface area contributed by atoms with Gasteiger partial charge in [-0.15, -0.1) is 0 Å². The topological polar surface area (TPSA) is 26.0 Å². The Kier molecular flexibility index (Phi) is 5.07. The third kappa shape index (κ3) is 4.28. The van der Waals surface area contributed by atoms with Crippen LogP contribution in [0.2, 0.25) is 0 Å². The van der Waals surface area contributed by atoms with Crippen molar-refractivity contribution in [3.05, 3.63) is 0 Å². The smallest absolute Gasteiger partial charge is 0.00205 e. The number of hydrogen-bond acceptors (Lipinski definition) is 1. The van der Waals surface area contributed by atoms with E-state index in [1.165, 1.54) is 38.5 Å². The molecule has 0 aromatic carbocycles. The molecule has 2 N–H and O–H groups in total. The van der Waals surface area contributed by atoms with Crippen LogP contribution in [0.4, 0.5) is 0 Å². The maximum atomic E-state index is 6.08. The first kappa shape index (κ1) is 15.0. The molecule has 0 saturated heterocycles. The summed E-state index contributed by atoms with van der Waals surface area (Å²) < 4.78 is 0. The predicted octanol–water partition coefficient (Wildman–Crippen LogP) is 4.60. The molecule has 17 heavy (non-hydrogen) atoms. The highest BCUT2D eigenvalue weighted by atomic mass is 14.6. The Morgan fingerprint density at radius 3 is 2.06 bits per heavy atom. The van der Waals surface area contributed by atoms with Gasteiger partial charge in [-0.25, -0.2) is 0 Å². The number of rotatable bonds is 4. The van der Waals surface area contributed by atoms with E-state index in [1.807, 2.05) is 0 Å². The van der Waals surface area contributed by atoms with E-state index in [4.69, 9.17) is 5.73 Å². The second-order valence-corrected chi connectivity index (χ2v) is 7.78. The van der Waals surface area contributed by atoms with E-state index in [0.717, 1.165) is 18.4 Å². The second-order valence-electron chi connectivity index (χ2n) is 7.78. The van der Waals surface area contributed by atoms with E-state index in [2.05, 4.69) is 34.6 Å². The van der Waals surface area contributed by atoms with Gasteiger partial charge in [0.05, 0.1) is 0 Å². The van der Waals surface area contributed by atoms with E-state index in [9.17, 15) is 0 Å². The van der Waals surface area contributed by atoms with E-state index < -0.39 is 0 Å². The summed E-state index contributed by atoms with van der Waals surface area (Å²) in [6.45, 7) is 12.7. The van der Waals surface area contributed by atoms with Crippen molar-refractivity contribution in [1.82, 2.24) is 0 Å². The third-order valence-electron chi connectivity index (χ3n) is 4.96. The Morgan fingerprint density at radius 1 is 1.18 bits per heavy atom. The highest BCUT2D eigenvalue weighted by Crippen LogP contribution is 2.47. The Morgan fingerprint density at radius 2 is 1.71 bits per heavy atom. The van der Waals surface area contributed by atoms with Gasteiger partial charge in [-0.3, -0.25) is 0 Å². The van der Waals surface area contributed by atoms with Crippen molar-refractivity contribution >= 4 is 0 Å². The second kappa shape index (κ2) is 5.73. The standard InChI is InChI=1S/C16H33N/c1-13(2)6-9-16(12-17)10-7-14(8-11-16)15(3,4)5/h13-14H,6-12,17H2,1-5H3. The molecule has 0 unspecified atom stereocenters. The Balaban J connectivity index is 2.51. The van der Waals surface area contributed by atoms with Crippen molar-refractivity contribution in [1.29, 1.82) is 0 Å². The van der Waals surface area contributed by atoms with E-state index in [1.54, 1.807) is 0 Å². The first-order chi connectivity index (χ1) is 7.79. The van der Waals surface area contributed by atoms with Gasteiger partial charge in [0.25, 0.3) is 0 Å². The molecule has 0 aromatic rings. The molecule has 0 heterocycles. The lowest BCUT2D eigenvalue weighted by Crippen LogP contribution is -2.37. The Labute approximate surface area is 109 Å². The van der Waals surface area contributed by atoms with Crippen LogP contribution in [0.15, 0.2) is 0 Å². The maximum absolute atomic E-state index is 6.08. The van der Waals surface area contributed by atoms with Gasteiger partial charge in [0.1, 0.15) is 0 Å². The minimum atomic E-state index is 0.478. The van der Waals surface area contributed by atoms with Crippen LogP contribution >= 0.6 is 0 Å². The first-order valence-electron chi connectivity index (χ1n) is 7.49. The summed E-state index contributed by atoms with van der Waals surface area (Å²) in [5.74, 6) is 1.72. The van der Waals surface area contributed by atoms with Gasteiger partial charge in [0.2, 0.25) is 0 Å². The SMILES string of the molecule is CC(C)CCC1(CN)CCC(C(C)(C)C)CC1. The minimum Gasteiger partial charge on any atom is -0.330 e. The van der Waals surface area contributed by atoms with E-state index in [-0.39, 0.29) is 0 Å². The van der Waals surface area contributed by atoms with Crippen molar-refractivity contribution < 1.29 is 0 Å². The maximum Gasteiger partial charge on any atom is -0.00205 e. The normalized spacial score (nSPS) is 30.9. The van der Waals surface area contributed by atoms with Gasteiger partial charge >= 0.3 is 0 Å². The Hall–Kier alpha value is -0.0400. The Bertz CT molecular complexity index is 216. The summed E-state index contributed by atoms with van der Waals surface area (Å²) in [4.78, 5) is 0. The number of hydrogen-bond donors (Lipinski definition) is 1. The highest BCUT2D eigenvalue weighted by Gasteiger charge is 2.37. The molecular formula is C16H33N. The van der Waals surface area contributed by atoms with Crippen molar-refractivity contribution in [3.8, 4) is 0 Å². The quantitative estimate of drug-likeness (QED) is 0.762. The van der Waals surface area contributed by atoms with Crippen LogP contribution in [0, 0.1) is 22.7 Å². The lowest BCUT2D eigenvalue weighted by molar-refractivity contribution is 0.0820. The summed E-state index contributed by atoms with van der Waals surface area (Å²) in [6, 6.07) is 0. The predicted molar refractivity (Wildman–Crippen MR) is 77.0 cm³/mol. The molecule has 0 spiro atoms. The monoisotopic (exact) mass is 239 g/mol. The van der Waals surface area contributed by atoms with Crippen LogP contribution in [0.1, 0.15) is 73.1 Å². The molecule has 0 bridgehead atoms. The average Bonchev–Trinajstić information content (AvgIpc) is 2.26. The van der Waals surface area contributed by atoms with Crippen molar-refractivity contribution in [2.24, 2.45) is 28.4 Å². The molecule has 1 heteroatoms. The molecule has 0 amide bonds. The molecule has 0 aliphatic heterocycles. The fourth-order valence-electron chi connectivity index (χ4n) is 3.25. The van der Waals surface area contributed by atoms with Crippen LogP contribution in [-0.2, 0) is 0 Å². The summed E-state index contributed by atoms with van der Waals surface area (Å²) in [5, 5.41) is 0. The zero-order valence-corrected chi connectivity index (χ0v) is 12.7. The molecule has 0 radical (unpaired) electrons. The number of nitrogens with two attached hydrogens (primary N) is 1. The summed E-state index contributed by atoms with van der Waals surface area (Å²) in [6.07, 6.45) is 8.18. The van der Waals surface area contributed by atoms with Crippen molar-refractivity contribution in [2.45, 2.75) is 73.1 Å². The lowest BCUT2D eigenvalue weighted by atomic mass is 9.62. The van der Waals surface area contributed by atoms with Gasteiger partial charge in [-0.1, -0.05) is 41.0 Å². The highest BCUT2D eigenvalue weighted by molar-refractivity contribution is 4.89. The molecule has 102 valence electrons. The molecule has 1 fully saturated rings. The van der Waals surface area contributed by atoms with Crippen molar-refractivity contribution in [2.75, 3.05) is 6.54 Å². The van der Waals surface area contributed by atoms with Gasteiger partial charge < -0.3 is 5.73 Å². The zero-order valence-electron chi connectivity index (χ0n) is 12.7. The van der Waals surface area contributed by atoms with Gasteiger partial charge in [-0.05, 0) is 61.3 Å². The third-order valence-corrected chi connectivity index (χ3v) is 4.96. The molecule has 0 aromatic heterocycles. The summed E-state index contributed by atoms with van der Waals surface area (Å²) in [5.41, 5.74) is 7.04. The lowest BCUT2D eigenvalue weighted by Gasteiger charge is -2.44. The zero-order chi connectivity index (χ0) is 13.1. The van der Waals surface area contributed by atoms with Crippen LogP contribution < -0.4 is 5.73 Å². The molecule has 1 rings (SSSR count). The molecule has 1 saturated carbocycles. The molecule has 1 aliphatic rings. The van der Waals surface area contributed by atoms with Crippen molar-refractivity contribution in [3.63, 3.8) is 0 Å². The fourth-order valence-corrected chi connectivity index (χ4v) is 3.25. The minimum absolute atomic E-state index is 0.478. The largest absolute Gasteiger partial charge is 0.330 e. The summed E-state index contributed by atoms with van der Waals surface area (Å²) >= 11 is 0.